The van der Waals surface area contributed by atoms with E-state index in [4.69, 9.17) is 0 Å². The summed E-state index contributed by atoms with van der Waals surface area (Å²) in [5.41, 5.74) is 1.32. The van der Waals surface area contributed by atoms with Gasteiger partial charge in [0.15, 0.2) is 0 Å². The zero-order chi connectivity index (χ0) is 14.7. The van der Waals surface area contributed by atoms with Crippen molar-refractivity contribution in [1.29, 1.82) is 0 Å². The van der Waals surface area contributed by atoms with Crippen molar-refractivity contribution in [1.82, 2.24) is 9.80 Å². The van der Waals surface area contributed by atoms with Gasteiger partial charge >= 0.3 is 5.97 Å². The van der Waals surface area contributed by atoms with Gasteiger partial charge in [0.2, 0.25) is 11.8 Å². The van der Waals surface area contributed by atoms with Crippen molar-refractivity contribution >= 4 is 17.8 Å². The van der Waals surface area contributed by atoms with Crippen LogP contribution in [0.5, 0.6) is 0 Å². The van der Waals surface area contributed by atoms with Gasteiger partial charge in [0.25, 0.3) is 0 Å². The fraction of sp³-hybridized carbons (Fsp3) is 0.357. The van der Waals surface area contributed by atoms with E-state index in [0.717, 1.165) is 5.56 Å². The normalized spacial score (nSPS) is 15.5. The van der Waals surface area contributed by atoms with Crippen LogP contribution in [0.25, 0.3) is 0 Å². The number of benzene rings is 1. The summed E-state index contributed by atoms with van der Waals surface area (Å²) in [6.45, 7) is 0.563. The second kappa shape index (κ2) is 5.73. The van der Waals surface area contributed by atoms with Crippen molar-refractivity contribution in [2.24, 2.45) is 0 Å². The number of amides is 2. The van der Waals surface area contributed by atoms with Crippen molar-refractivity contribution in [3.05, 3.63) is 35.4 Å². The van der Waals surface area contributed by atoms with Gasteiger partial charge in [0.05, 0.1) is 19.2 Å². The molecule has 0 unspecified atom stereocenters. The Balaban J connectivity index is 2.05. The lowest BCUT2D eigenvalue weighted by molar-refractivity contribution is -0.149. The van der Waals surface area contributed by atoms with Gasteiger partial charge in [-0.1, -0.05) is 12.1 Å². The average Bonchev–Trinajstić information content (AvgIpc) is 2.44. The second-order valence-corrected chi connectivity index (χ2v) is 4.69. The quantitative estimate of drug-likeness (QED) is 0.743. The number of esters is 1. The molecule has 1 aliphatic rings. The number of ether oxygens (including phenoxy) is 1. The summed E-state index contributed by atoms with van der Waals surface area (Å²) in [6, 6.07) is 6.79. The molecule has 1 fully saturated rings. The fourth-order valence-corrected chi connectivity index (χ4v) is 1.99. The zero-order valence-electron chi connectivity index (χ0n) is 11.5. The van der Waals surface area contributed by atoms with Gasteiger partial charge in [-0.25, -0.2) is 4.79 Å². The van der Waals surface area contributed by atoms with Crippen LogP contribution < -0.4 is 0 Å². The third-order valence-corrected chi connectivity index (χ3v) is 3.23. The number of likely N-dealkylation sites (N-methyl/N-ethyl adjacent to an activating group) is 1. The first-order valence-electron chi connectivity index (χ1n) is 6.20. The zero-order valence-corrected chi connectivity index (χ0v) is 11.5. The van der Waals surface area contributed by atoms with E-state index >= 15 is 0 Å². The molecule has 1 saturated heterocycles. The Labute approximate surface area is 116 Å². The fourth-order valence-electron chi connectivity index (χ4n) is 1.99. The molecule has 0 radical (unpaired) electrons. The molecule has 1 aliphatic heterocycles. The predicted octanol–water partition coefficient (Wildman–Crippen LogP) is 0.274. The van der Waals surface area contributed by atoms with Crippen LogP contribution in [0.2, 0.25) is 0 Å². The first-order chi connectivity index (χ1) is 9.51. The molecule has 0 aliphatic carbocycles. The number of hydrogen-bond acceptors (Lipinski definition) is 4. The van der Waals surface area contributed by atoms with Gasteiger partial charge < -0.3 is 14.5 Å². The summed E-state index contributed by atoms with van der Waals surface area (Å²) in [5.74, 6) is -0.553. The Morgan fingerprint density at radius 3 is 2.40 bits per heavy atom. The van der Waals surface area contributed by atoms with Gasteiger partial charge in [-0.05, 0) is 17.7 Å². The SMILES string of the molecule is COC(=O)c1ccc(CN2CC(=O)N(C)CC2=O)cc1. The first kappa shape index (κ1) is 14.0. The van der Waals surface area contributed by atoms with Crippen LogP contribution in [0, 0.1) is 0 Å². The molecule has 1 heterocycles. The maximum atomic E-state index is 11.8. The highest BCUT2D eigenvalue weighted by atomic mass is 16.5. The van der Waals surface area contributed by atoms with Crippen LogP contribution in [0.15, 0.2) is 24.3 Å². The van der Waals surface area contributed by atoms with Crippen LogP contribution in [-0.2, 0) is 20.9 Å². The Bertz CT molecular complexity index is 539. The molecule has 0 spiro atoms. The highest BCUT2D eigenvalue weighted by molar-refractivity contribution is 5.92. The van der Waals surface area contributed by atoms with Crippen LogP contribution >= 0.6 is 0 Å². The number of carbonyl (C=O) groups excluding carboxylic acids is 3. The lowest BCUT2D eigenvalue weighted by Crippen LogP contribution is -2.51. The van der Waals surface area contributed by atoms with Crippen LogP contribution in [0.4, 0.5) is 0 Å². The minimum atomic E-state index is -0.401. The van der Waals surface area contributed by atoms with E-state index in [1.165, 1.54) is 16.9 Å². The molecule has 2 amide bonds. The smallest absolute Gasteiger partial charge is 0.337 e. The van der Waals surface area contributed by atoms with Gasteiger partial charge in [-0.15, -0.1) is 0 Å². The van der Waals surface area contributed by atoms with Gasteiger partial charge in [0, 0.05) is 13.6 Å². The molecule has 2 rings (SSSR count). The third kappa shape index (κ3) is 2.96. The Kier molecular flexibility index (Phi) is 4.02. The minimum absolute atomic E-state index is 0.0734. The maximum Gasteiger partial charge on any atom is 0.337 e. The number of methoxy groups -OCH3 is 1. The summed E-state index contributed by atoms with van der Waals surface area (Å²) >= 11 is 0. The van der Waals surface area contributed by atoms with Crippen molar-refractivity contribution < 1.29 is 19.1 Å². The summed E-state index contributed by atoms with van der Waals surface area (Å²) in [7, 11) is 2.94. The van der Waals surface area contributed by atoms with Gasteiger partial charge in [-0.3, -0.25) is 9.59 Å². The molecular weight excluding hydrogens is 260 g/mol. The predicted molar refractivity (Wildman–Crippen MR) is 70.8 cm³/mol. The van der Waals surface area contributed by atoms with Crippen molar-refractivity contribution in [3.63, 3.8) is 0 Å². The van der Waals surface area contributed by atoms with E-state index in [2.05, 4.69) is 4.74 Å². The van der Waals surface area contributed by atoms with Crippen molar-refractivity contribution in [2.75, 3.05) is 27.2 Å². The highest BCUT2D eigenvalue weighted by Crippen LogP contribution is 2.11. The van der Waals surface area contributed by atoms with Crippen LogP contribution in [-0.4, -0.2) is 54.8 Å². The number of nitrogens with zero attached hydrogens (tertiary/aromatic N) is 2. The summed E-state index contributed by atoms with van der Waals surface area (Å²) in [4.78, 5) is 37.7. The molecular formula is C14H16N2O4. The summed E-state index contributed by atoms with van der Waals surface area (Å²) in [6.07, 6.45) is 0. The molecule has 1 aromatic carbocycles. The third-order valence-electron chi connectivity index (χ3n) is 3.23. The molecule has 0 N–H and O–H groups in total. The number of piperazine rings is 1. The molecule has 20 heavy (non-hydrogen) atoms. The van der Waals surface area contributed by atoms with Crippen molar-refractivity contribution in [3.8, 4) is 0 Å². The average molecular weight is 276 g/mol. The molecule has 0 atom stereocenters. The lowest BCUT2D eigenvalue weighted by atomic mass is 10.1. The van der Waals surface area contributed by atoms with Crippen LogP contribution in [0.1, 0.15) is 15.9 Å². The second-order valence-electron chi connectivity index (χ2n) is 4.69. The number of carbonyl (C=O) groups is 3. The monoisotopic (exact) mass is 276 g/mol. The van der Waals surface area contributed by atoms with E-state index < -0.39 is 5.97 Å². The highest BCUT2D eigenvalue weighted by Gasteiger charge is 2.27. The largest absolute Gasteiger partial charge is 0.465 e. The molecule has 0 saturated carbocycles. The molecule has 0 bridgehead atoms. The standard InChI is InChI=1S/C14H16N2O4/c1-15-8-13(18)16(9-12(15)17)7-10-3-5-11(6-4-10)14(19)20-2/h3-6H,7-9H2,1-2H3. The minimum Gasteiger partial charge on any atom is -0.465 e. The molecule has 6 nitrogen and oxygen atoms in total. The summed E-state index contributed by atoms with van der Waals surface area (Å²) in [5, 5.41) is 0. The number of hydrogen-bond donors (Lipinski definition) is 0. The van der Waals surface area contributed by atoms with Gasteiger partial charge in [-0.2, -0.15) is 0 Å². The molecule has 6 heteroatoms. The van der Waals surface area contributed by atoms with E-state index in [1.54, 1.807) is 31.3 Å². The Morgan fingerprint density at radius 2 is 1.80 bits per heavy atom. The van der Waals surface area contributed by atoms with E-state index in [-0.39, 0.29) is 24.9 Å². The Hall–Kier alpha value is -2.37. The van der Waals surface area contributed by atoms with Crippen LogP contribution in [0.3, 0.4) is 0 Å². The summed E-state index contributed by atoms with van der Waals surface area (Å²) < 4.78 is 4.62. The Morgan fingerprint density at radius 1 is 1.15 bits per heavy atom. The molecule has 106 valence electrons. The lowest BCUT2D eigenvalue weighted by Gasteiger charge is -2.31. The maximum absolute atomic E-state index is 11.8. The van der Waals surface area contributed by atoms with E-state index in [0.29, 0.717) is 12.1 Å². The first-order valence-corrected chi connectivity index (χ1v) is 6.20. The topological polar surface area (TPSA) is 66.9 Å². The van der Waals surface area contributed by atoms with E-state index in [1.807, 2.05) is 0 Å². The van der Waals surface area contributed by atoms with Crippen molar-refractivity contribution in [2.45, 2.75) is 6.54 Å². The van der Waals surface area contributed by atoms with Gasteiger partial charge in [0.1, 0.15) is 6.54 Å². The number of rotatable bonds is 3. The molecule has 0 aromatic heterocycles. The molecule has 1 aromatic rings. The van der Waals surface area contributed by atoms with E-state index in [9.17, 15) is 14.4 Å².